The van der Waals surface area contributed by atoms with E-state index in [9.17, 15) is 4.79 Å². The molecule has 0 atom stereocenters. The third-order valence-electron chi connectivity index (χ3n) is 4.49. The molecule has 28 heavy (non-hydrogen) atoms. The second kappa shape index (κ2) is 7.97. The molecule has 0 aliphatic heterocycles. The lowest BCUT2D eigenvalue weighted by Crippen LogP contribution is -2.02. The molecule has 4 rings (SSSR count). The van der Waals surface area contributed by atoms with Gasteiger partial charge in [0.05, 0.1) is 10.7 Å². The molecule has 4 aromatic rings. The van der Waals surface area contributed by atoms with Crippen molar-refractivity contribution in [3.63, 3.8) is 0 Å². The maximum Gasteiger partial charge on any atom is 0.196 e. The number of hydrogen-bond acceptors (Lipinski definition) is 2. The Balaban J connectivity index is 1.78. The maximum atomic E-state index is 13.0. The standard InChI is InChI=1S/C24H15Cl2NO/c25-18-12-13-23(21(14-18)24(28)20-10-3-4-11-22(20)26)27-15-17-8-5-7-16-6-1-2-9-19(16)17/h1-15H. The van der Waals surface area contributed by atoms with Gasteiger partial charge >= 0.3 is 0 Å². The van der Waals surface area contributed by atoms with Gasteiger partial charge in [0.25, 0.3) is 0 Å². The van der Waals surface area contributed by atoms with Gasteiger partial charge in [0.2, 0.25) is 0 Å². The number of ketones is 1. The highest BCUT2D eigenvalue weighted by Gasteiger charge is 2.16. The second-order valence-corrected chi connectivity index (χ2v) is 7.14. The summed E-state index contributed by atoms with van der Waals surface area (Å²) in [5.41, 5.74) is 2.36. The van der Waals surface area contributed by atoms with E-state index in [4.69, 9.17) is 23.2 Å². The smallest absolute Gasteiger partial charge is 0.196 e. The van der Waals surface area contributed by atoms with E-state index < -0.39 is 0 Å². The predicted octanol–water partition coefficient (Wildman–Crippen LogP) is 7.13. The summed E-state index contributed by atoms with van der Waals surface area (Å²) in [5.74, 6) is -0.210. The molecule has 0 fully saturated rings. The van der Waals surface area contributed by atoms with Crippen molar-refractivity contribution < 1.29 is 4.79 Å². The van der Waals surface area contributed by atoms with Gasteiger partial charge in [-0.2, -0.15) is 0 Å². The molecular weight excluding hydrogens is 389 g/mol. The summed E-state index contributed by atoms with van der Waals surface area (Å²) < 4.78 is 0. The van der Waals surface area contributed by atoms with Crippen LogP contribution in [0.3, 0.4) is 0 Å². The first-order valence-corrected chi connectivity index (χ1v) is 9.50. The lowest BCUT2D eigenvalue weighted by Gasteiger charge is -2.08. The van der Waals surface area contributed by atoms with Crippen LogP contribution >= 0.6 is 23.2 Å². The normalized spacial score (nSPS) is 11.2. The first kappa shape index (κ1) is 18.4. The number of halogens is 2. The van der Waals surface area contributed by atoms with Crippen LogP contribution in [0.15, 0.2) is 89.9 Å². The highest BCUT2D eigenvalue weighted by atomic mass is 35.5. The van der Waals surface area contributed by atoms with Gasteiger partial charge in [-0.25, -0.2) is 0 Å². The fraction of sp³-hybridized carbons (Fsp3) is 0. The van der Waals surface area contributed by atoms with E-state index in [1.54, 1.807) is 48.7 Å². The van der Waals surface area contributed by atoms with E-state index in [0.717, 1.165) is 16.3 Å². The average Bonchev–Trinajstić information content (AvgIpc) is 2.72. The van der Waals surface area contributed by atoms with Gasteiger partial charge in [-0.3, -0.25) is 9.79 Å². The monoisotopic (exact) mass is 403 g/mol. The number of carbonyl (C=O) groups is 1. The van der Waals surface area contributed by atoms with E-state index in [1.165, 1.54) is 0 Å². The summed E-state index contributed by atoms with van der Waals surface area (Å²) in [4.78, 5) is 17.6. The third-order valence-corrected chi connectivity index (χ3v) is 5.05. The maximum absolute atomic E-state index is 13.0. The van der Waals surface area contributed by atoms with E-state index >= 15 is 0 Å². The Morgan fingerprint density at radius 1 is 0.786 bits per heavy atom. The number of benzene rings is 4. The Bertz CT molecular complexity index is 1210. The van der Waals surface area contributed by atoms with Crippen LogP contribution in [0.25, 0.3) is 10.8 Å². The zero-order chi connectivity index (χ0) is 19.5. The van der Waals surface area contributed by atoms with Crippen molar-refractivity contribution in [3.8, 4) is 0 Å². The molecule has 136 valence electrons. The Morgan fingerprint density at radius 2 is 1.54 bits per heavy atom. The summed E-state index contributed by atoms with van der Waals surface area (Å²) in [7, 11) is 0. The Morgan fingerprint density at radius 3 is 2.39 bits per heavy atom. The highest BCUT2D eigenvalue weighted by molar-refractivity contribution is 6.35. The zero-order valence-electron chi connectivity index (χ0n) is 14.8. The van der Waals surface area contributed by atoms with Crippen LogP contribution in [0.4, 0.5) is 5.69 Å². The molecule has 0 radical (unpaired) electrons. The molecule has 0 unspecified atom stereocenters. The molecule has 0 spiro atoms. The Labute approximate surface area is 173 Å². The van der Waals surface area contributed by atoms with Crippen LogP contribution in [0.1, 0.15) is 21.5 Å². The topological polar surface area (TPSA) is 29.4 Å². The number of fused-ring (bicyclic) bond motifs is 1. The second-order valence-electron chi connectivity index (χ2n) is 6.30. The molecule has 0 saturated heterocycles. The molecule has 2 nitrogen and oxygen atoms in total. The average molecular weight is 404 g/mol. The van der Waals surface area contributed by atoms with Gasteiger partial charge in [-0.15, -0.1) is 0 Å². The minimum Gasteiger partial charge on any atom is -0.288 e. The molecule has 4 heteroatoms. The van der Waals surface area contributed by atoms with Crippen LogP contribution in [0.2, 0.25) is 10.0 Å². The first-order valence-electron chi connectivity index (χ1n) is 8.74. The third kappa shape index (κ3) is 3.70. The Kier molecular flexibility index (Phi) is 5.25. The van der Waals surface area contributed by atoms with Crippen molar-refractivity contribution >= 4 is 51.7 Å². The fourth-order valence-corrected chi connectivity index (χ4v) is 3.49. The van der Waals surface area contributed by atoms with Crippen LogP contribution in [0, 0.1) is 0 Å². The van der Waals surface area contributed by atoms with Gasteiger partial charge in [0.1, 0.15) is 0 Å². The van der Waals surface area contributed by atoms with Crippen LogP contribution in [0.5, 0.6) is 0 Å². The van der Waals surface area contributed by atoms with Gasteiger partial charge in [0, 0.05) is 27.9 Å². The minimum atomic E-state index is -0.210. The molecule has 0 heterocycles. The van der Waals surface area contributed by atoms with Crippen molar-refractivity contribution in [2.24, 2.45) is 4.99 Å². The summed E-state index contributed by atoms with van der Waals surface area (Å²) in [6.07, 6.45) is 1.77. The van der Waals surface area contributed by atoms with Crippen LogP contribution < -0.4 is 0 Å². The Hall–Kier alpha value is -2.94. The number of rotatable bonds is 4. The van der Waals surface area contributed by atoms with Crippen LogP contribution in [-0.2, 0) is 0 Å². The van der Waals surface area contributed by atoms with Gasteiger partial charge in [0.15, 0.2) is 5.78 Å². The SMILES string of the molecule is O=C(c1ccccc1Cl)c1cc(Cl)ccc1N=Cc1cccc2ccccc12. The molecule has 0 aromatic heterocycles. The van der Waals surface area contributed by atoms with Crippen LogP contribution in [-0.4, -0.2) is 12.0 Å². The number of hydrogen-bond donors (Lipinski definition) is 0. The molecule has 0 amide bonds. The minimum absolute atomic E-state index is 0.210. The fourth-order valence-electron chi connectivity index (χ4n) is 3.10. The molecule has 0 aliphatic rings. The largest absolute Gasteiger partial charge is 0.288 e. The molecular formula is C24H15Cl2NO. The summed E-state index contributed by atoms with van der Waals surface area (Å²) in [6, 6.07) is 26.2. The van der Waals surface area contributed by atoms with Crippen molar-refractivity contribution in [1.29, 1.82) is 0 Å². The van der Waals surface area contributed by atoms with Gasteiger partial charge < -0.3 is 0 Å². The lowest BCUT2D eigenvalue weighted by molar-refractivity contribution is 0.103. The molecule has 4 aromatic carbocycles. The van der Waals surface area contributed by atoms with Crippen molar-refractivity contribution in [2.45, 2.75) is 0 Å². The molecule has 0 aliphatic carbocycles. The number of carbonyl (C=O) groups excluding carboxylic acids is 1. The summed E-state index contributed by atoms with van der Waals surface area (Å²) in [5, 5.41) is 3.10. The van der Waals surface area contributed by atoms with E-state index in [-0.39, 0.29) is 5.78 Å². The quantitative estimate of drug-likeness (QED) is 0.263. The van der Waals surface area contributed by atoms with Gasteiger partial charge in [-0.1, -0.05) is 77.8 Å². The number of nitrogens with zero attached hydrogens (tertiary/aromatic N) is 1. The number of aliphatic imine (C=N–C) groups is 1. The van der Waals surface area contributed by atoms with E-state index in [0.29, 0.717) is 26.9 Å². The van der Waals surface area contributed by atoms with Crippen molar-refractivity contribution in [2.75, 3.05) is 0 Å². The molecule has 0 bridgehead atoms. The predicted molar refractivity (Wildman–Crippen MR) is 118 cm³/mol. The summed E-state index contributed by atoms with van der Waals surface area (Å²) in [6.45, 7) is 0. The van der Waals surface area contributed by atoms with Crippen molar-refractivity contribution in [1.82, 2.24) is 0 Å². The summed E-state index contributed by atoms with van der Waals surface area (Å²) >= 11 is 12.4. The molecule has 0 saturated carbocycles. The highest BCUT2D eigenvalue weighted by Crippen LogP contribution is 2.28. The van der Waals surface area contributed by atoms with E-state index in [2.05, 4.69) is 17.1 Å². The van der Waals surface area contributed by atoms with E-state index in [1.807, 2.05) is 30.3 Å². The molecule has 0 N–H and O–H groups in total. The van der Waals surface area contributed by atoms with Crippen molar-refractivity contribution in [3.05, 3.63) is 112 Å². The first-order chi connectivity index (χ1) is 13.6. The van der Waals surface area contributed by atoms with Gasteiger partial charge in [-0.05, 0) is 41.1 Å². The zero-order valence-corrected chi connectivity index (χ0v) is 16.3. The lowest BCUT2D eigenvalue weighted by atomic mass is 10.0.